The molecule has 0 radical (unpaired) electrons. The van der Waals surface area contributed by atoms with Gasteiger partial charge in [-0.1, -0.05) is 13.3 Å². The van der Waals surface area contributed by atoms with Crippen molar-refractivity contribution < 1.29 is 19.4 Å². The fourth-order valence-corrected chi connectivity index (χ4v) is 4.63. The summed E-state index contributed by atoms with van der Waals surface area (Å²) in [6, 6.07) is 8.98. The van der Waals surface area contributed by atoms with Gasteiger partial charge in [0, 0.05) is 0 Å². The first-order valence-electron chi connectivity index (χ1n) is 7.70. The first-order valence-corrected chi connectivity index (χ1v) is 10.9. The van der Waals surface area contributed by atoms with Gasteiger partial charge in [-0.2, -0.15) is 0 Å². The number of hydrogen-bond acceptors (Lipinski definition) is 4. The minimum atomic E-state index is -0.207. The average molecular weight is 678 g/mol. The van der Waals surface area contributed by atoms with E-state index in [2.05, 4.69) is 74.7 Å². The summed E-state index contributed by atoms with van der Waals surface area (Å²) in [5.41, 5.74) is 0.905. The number of benzene rings is 2. The molecule has 0 fully saturated rings. The summed E-state index contributed by atoms with van der Waals surface area (Å²) < 4.78 is 13.8. The highest BCUT2D eigenvalue weighted by atomic mass is 127. The van der Waals surface area contributed by atoms with E-state index in [1.54, 1.807) is 18.2 Å². The van der Waals surface area contributed by atoms with Gasteiger partial charge in [-0.3, -0.25) is 4.79 Å². The van der Waals surface area contributed by atoms with Crippen molar-refractivity contribution in [1.29, 1.82) is 0 Å². The number of unbranched alkanes of at least 4 members (excludes halogenated alkanes) is 1. The Hall–Kier alpha value is -0.300. The van der Waals surface area contributed by atoms with Crippen LogP contribution in [0, 0.1) is 10.7 Å². The third-order valence-corrected chi connectivity index (χ3v) is 5.77. The second-order valence-corrected chi connectivity index (χ2v) is 8.84. The molecule has 0 spiro atoms. The van der Waals surface area contributed by atoms with Crippen LogP contribution in [0.1, 0.15) is 25.3 Å². The van der Waals surface area contributed by atoms with Gasteiger partial charge < -0.3 is 14.6 Å². The van der Waals surface area contributed by atoms with Gasteiger partial charge in [0.1, 0.15) is 11.5 Å². The molecule has 1 N–H and O–H groups in total. The molecule has 0 aliphatic heterocycles. The Balaban J connectivity index is 2.11. The third-order valence-electron chi connectivity index (χ3n) is 3.31. The van der Waals surface area contributed by atoms with Gasteiger partial charge in [-0.05, 0) is 110 Å². The van der Waals surface area contributed by atoms with Crippen molar-refractivity contribution in [2.24, 2.45) is 0 Å². The van der Waals surface area contributed by atoms with Crippen molar-refractivity contribution in [3.8, 4) is 17.2 Å². The molecular formula is C18H17I3O4. The molecule has 0 unspecified atom stereocenters. The van der Waals surface area contributed by atoms with Gasteiger partial charge in [-0.15, -0.1) is 0 Å². The Bertz CT molecular complexity index is 739. The number of carbonyl (C=O) groups excluding carboxylic acids is 1. The SMILES string of the molecule is CCCCOC(=O)Cc1cc(I)c(Oc2ccc(O)c(I)c2)c(I)c1. The minimum Gasteiger partial charge on any atom is -0.507 e. The fraction of sp³-hybridized carbons (Fsp3) is 0.278. The number of phenolic OH excluding ortho intramolecular Hbond substituents is 1. The smallest absolute Gasteiger partial charge is 0.310 e. The molecule has 7 heteroatoms. The first-order chi connectivity index (χ1) is 11.9. The highest BCUT2D eigenvalue weighted by Gasteiger charge is 2.13. The zero-order chi connectivity index (χ0) is 18.4. The number of ether oxygens (including phenoxy) is 2. The van der Waals surface area contributed by atoms with Gasteiger partial charge in [0.2, 0.25) is 0 Å². The monoisotopic (exact) mass is 678 g/mol. The second kappa shape index (κ2) is 10.1. The lowest BCUT2D eigenvalue weighted by Crippen LogP contribution is -2.09. The lowest BCUT2D eigenvalue weighted by Gasteiger charge is -2.13. The van der Waals surface area contributed by atoms with Crippen LogP contribution >= 0.6 is 67.8 Å². The number of esters is 1. The molecular weight excluding hydrogens is 661 g/mol. The van der Waals surface area contributed by atoms with Crippen molar-refractivity contribution in [1.82, 2.24) is 0 Å². The Labute approximate surface area is 188 Å². The third kappa shape index (κ3) is 6.42. The van der Waals surface area contributed by atoms with Crippen LogP contribution in [0.4, 0.5) is 0 Å². The Morgan fingerprint density at radius 3 is 2.36 bits per heavy atom. The van der Waals surface area contributed by atoms with E-state index in [4.69, 9.17) is 9.47 Å². The molecule has 0 amide bonds. The summed E-state index contributed by atoms with van der Waals surface area (Å²) in [6.07, 6.45) is 2.15. The summed E-state index contributed by atoms with van der Waals surface area (Å²) >= 11 is 6.46. The predicted molar refractivity (Wildman–Crippen MR) is 122 cm³/mol. The zero-order valence-corrected chi connectivity index (χ0v) is 20.0. The minimum absolute atomic E-state index is 0.207. The fourth-order valence-electron chi connectivity index (χ4n) is 2.03. The van der Waals surface area contributed by atoms with Crippen LogP contribution in [0.3, 0.4) is 0 Å². The van der Waals surface area contributed by atoms with Crippen LogP contribution in [0.25, 0.3) is 0 Å². The average Bonchev–Trinajstić information content (AvgIpc) is 2.54. The van der Waals surface area contributed by atoms with E-state index >= 15 is 0 Å². The summed E-state index contributed by atoms with van der Waals surface area (Å²) in [4.78, 5) is 11.9. The number of halogens is 3. The predicted octanol–water partition coefficient (Wildman–Crippen LogP) is 5.88. The van der Waals surface area contributed by atoms with E-state index in [0.717, 1.165) is 34.9 Å². The second-order valence-electron chi connectivity index (χ2n) is 5.35. The summed E-state index contributed by atoms with van der Waals surface area (Å²) in [7, 11) is 0. The highest BCUT2D eigenvalue weighted by Crippen LogP contribution is 2.34. The first kappa shape index (κ1) is 21.0. The van der Waals surface area contributed by atoms with Crippen LogP contribution < -0.4 is 4.74 Å². The van der Waals surface area contributed by atoms with Gasteiger partial charge >= 0.3 is 5.97 Å². The Morgan fingerprint density at radius 1 is 1.08 bits per heavy atom. The van der Waals surface area contributed by atoms with Gasteiger partial charge in [0.25, 0.3) is 0 Å². The molecule has 0 atom stereocenters. The lowest BCUT2D eigenvalue weighted by molar-refractivity contribution is -0.142. The molecule has 0 saturated carbocycles. The number of hydrogen-bond donors (Lipinski definition) is 1. The zero-order valence-electron chi connectivity index (χ0n) is 13.5. The molecule has 2 aromatic carbocycles. The van der Waals surface area contributed by atoms with E-state index in [-0.39, 0.29) is 18.1 Å². The van der Waals surface area contributed by atoms with E-state index in [1.807, 2.05) is 12.1 Å². The molecule has 25 heavy (non-hydrogen) atoms. The van der Waals surface area contributed by atoms with Gasteiger partial charge in [-0.25, -0.2) is 0 Å². The van der Waals surface area contributed by atoms with Gasteiger partial charge in [0.15, 0.2) is 5.75 Å². The van der Waals surface area contributed by atoms with Crippen molar-refractivity contribution >= 4 is 73.7 Å². The van der Waals surface area contributed by atoms with E-state index in [0.29, 0.717) is 12.4 Å². The summed E-state index contributed by atoms with van der Waals surface area (Å²) in [5.74, 6) is 1.42. The van der Waals surface area contributed by atoms with Crippen molar-refractivity contribution in [3.63, 3.8) is 0 Å². The Kier molecular flexibility index (Phi) is 8.52. The van der Waals surface area contributed by atoms with Gasteiger partial charge in [0.05, 0.1) is 23.7 Å². The number of phenols is 1. The molecule has 0 saturated heterocycles. The van der Waals surface area contributed by atoms with Crippen molar-refractivity contribution in [2.75, 3.05) is 6.61 Å². The van der Waals surface area contributed by atoms with Crippen LogP contribution in [0.2, 0.25) is 0 Å². The molecule has 0 aromatic heterocycles. The lowest BCUT2D eigenvalue weighted by atomic mass is 10.1. The maximum absolute atomic E-state index is 11.9. The van der Waals surface area contributed by atoms with Crippen molar-refractivity contribution in [3.05, 3.63) is 46.6 Å². The normalized spacial score (nSPS) is 10.6. The van der Waals surface area contributed by atoms with Crippen LogP contribution in [0.5, 0.6) is 17.2 Å². The molecule has 0 heterocycles. The maximum atomic E-state index is 11.9. The largest absolute Gasteiger partial charge is 0.507 e. The Morgan fingerprint density at radius 2 is 1.76 bits per heavy atom. The molecule has 2 aromatic rings. The van der Waals surface area contributed by atoms with E-state index in [1.165, 1.54) is 0 Å². The standard InChI is InChI=1S/C18H17I3O4/c1-2-3-6-24-17(23)9-11-7-14(20)18(15(21)8-11)25-12-4-5-16(22)13(19)10-12/h4-5,7-8,10,22H,2-3,6,9H2,1H3. The topological polar surface area (TPSA) is 55.8 Å². The van der Waals surface area contributed by atoms with Crippen LogP contribution in [-0.4, -0.2) is 17.7 Å². The van der Waals surface area contributed by atoms with Crippen molar-refractivity contribution in [2.45, 2.75) is 26.2 Å². The van der Waals surface area contributed by atoms with E-state index < -0.39 is 0 Å². The number of carbonyl (C=O) groups is 1. The quantitative estimate of drug-likeness (QED) is 0.226. The molecule has 0 aliphatic carbocycles. The molecule has 2 rings (SSSR count). The van der Waals surface area contributed by atoms with Crippen LogP contribution in [0.15, 0.2) is 30.3 Å². The van der Waals surface area contributed by atoms with Crippen LogP contribution in [-0.2, 0) is 16.0 Å². The maximum Gasteiger partial charge on any atom is 0.310 e. The van der Waals surface area contributed by atoms with E-state index in [9.17, 15) is 9.90 Å². The molecule has 134 valence electrons. The summed E-state index contributed by atoms with van der Waals surface area (Å²) in [5, 5.41) is 9.61. The number of rotatable bonds is 7. The molecule has 4 nitrogen and oxygen atoms in total. The molecule has 0 bridgehead atoms. The highest BCUT2D eigenvalue weighted by molar-refractivity contribution is 14.1. The number of aromatic hydroxyl groups is 1. The summed E-state index contributed by atoms with van der Waals surface area (Å²) in [6.45, 7) is 2.54. The molecule has 0 aliphatic rings.